The van der Waals surface area contributed by atoms with Gasteiger partial charge in [-0.25, -0.2) is 4.98 Å². The van der Waals surface area contributed by atoms with E-state index < -0.39 is 0 Å². The Morgan fingerprint density at radius 1 is 1.00 bits per heavy atom. The van der Waals surface area contributed by atoms with Gasteiger partial charge in [0.1, 0.15) is 5.82 Å². The third-order valence-corrected chi connectivity index (χ3v) is 6.23. The van der Waals surface area contributed by atoms with Gasteiger partial charge in [-0.15, -0.1) is 0 Å². The van der Waals surface area contributed by atoms with Crippen LogP contribution < -0.4 is 10.5 Å². The number of benzene rings is 3. The summed E-state index contributed by atoms with van der Waals surface area (Å²) < 4.78 is 2.47. The van der Waals surface area contributed by atoms with Crippen LogP contribution in [-0.2, 0) is 4.79 Å². The molecule has 4 aromatic rings. The molecule has 0 aliphatic carbocycles. The van der Waals surface area contributed by atoms with E-state index in [0.717, 1.165) is 14.8 Å². The van der Waals surface area contributed by atoms with Crippen molar-refractivity contribution in [3.8, 4) is 5.69 Å². The zero-order valence-corrected chi connectivity index (χ0v) is 19.3. The van der Waals surface area contributed by atoms with Gasteiger partial charge in [-0.1, -0.05) is 29.8 Å². The van der Waals surface area contributed by atoms with Gasteiger partial charge in [0.25, 0.3) is 11.5 Å². The normalized spacial score (nSPS) is 14.5. The van der Waals surface area contributed by atoms with Crippen LogP contribution in [0.15, 0.2) is 71.5 Å². The molecule has 0 bridgehead atoms. The van der Waals surface area contributed by atoms with Crippen molar-refractivity contribution in [1.82, 2.24) is 9.55 Å². The first kappa shape index (κ1) is 20.0. The molecule has 152 valence electrons. The summed E-state index contributed by atoms with van der Waals surface area (Å²) in [4.78, 5) is 32.8. The summed E-state index contributed by atoms with van der Waals surface area (Å²) >= 11 is 8.23. The van der Waals surface area contributed by atoms with E-state index in [2.05, 4.69) is 22.6 Å². The van der Waals surface area contributed by atoms with E-state index in [0.29, 0.717) is 33.0 Å². The zero-order valence-electron chi connectivity index (χ0n) is 16.3. The number of rotatable bonds is 2. The van der Waals surface area contributed by atoms with Crippen molar-refractivity contribution < 1.29 is 4.79 Å². The Hall–Kier alpha value is -2.97. The van der Waals surface area contributed by atoms with Crippen LogP contribution in [0, 0.1) is 3.57 Å². The van der Waals surface area contributed by atoms with Crippen LogP contribution in [0.5, 0.6) is 0 Å². The van der Waals surface area contributed by atoms with E-state index in [1.165, 1.54) is 4.57 Å². The molecular formula is C24H15ClIN3O2. The molecule has 0 atom stereocenters. The second kappa shape index (κ2) is 7.62. The fraction of sp³-hybridized carbons (Fsp3) is 0.0417. The molecule has 31 heavy (non-hydrogen) atoms. The highest BCUT2D eigenvalue weighted by atomic mass is 127. The quantitative estimate of drug-likeness (QED) is 0.261. The summed E-state index contributed by atoms with van der Waals surface area (Å²) in [6.07, 6.45) is 1.69. The van der Waals surface area contributed by atoms with Crippen LogP contribution in [0.25, 0.3) is 28.2 Å². The molecule has 5 rings (SSSR count). The number of amides is 1. The van der Waals surface area contributed by atoms with Crippen LogP contribution >= 0.6 is 34.2 Å². The molecule has 0 unspecified atom stereocenters. The first-order chi connectivity index (χ1) is 14.9. The Labute approximate surface area is 196 Å². The molecule has 1 aromatic heterocycles. The van der Waals surface area contributed by atoms with Crippen molar-refractivity contribution in [1.29, 1.82) is 0 Å². The molecule has 5 nitrogen and oxygen atoms in total. The molecule has 0 saturated heterocycles. The molecular weight excluding hydrogens is 525 g/mol. The fourth-order valence-corrected chi connectivity index (χ4v) is 4.40. The Morgan fingerprint density at radius 2 is 1.74 bits per heavy atom. The molecule has 1 aliphatic heterocycles. The molecule has 0 radical (unpaired) electrons. The minimum absolute atomic E-state index is 0.138. The van der Waals surface area contributed by atoms with Crippen molar-refractivity contribution in [2.45, 2.75) is 0 Å². The predicted molar refractivity (Wildman–Crippen MR) is 133 cm³/mol. The highest BCUT2D eigenvalue weighted by Gasteiger charge is 2.29. The maximum absolute atomic E-state index is 13.5. The van der Waals surface area contributed by atoms with E-state index in [1.54, 1.807) is 42.3 Å². The van der Waals surface area contributed by atoms with Crippen LogP contribution in [0.2, 0.25) is 5.02 Å². The Bertz CT molecular complexity index is 1460. The lowest BCUT2D eigenvalue weighted by molar-refractivity contribution is -0.112. The number of fused-ring (bicyclic) bond motifs is 2. The predicted octanol–water partition coefficient (Wildman–Crippen LogP) is 5.16. The monoisotopic (exact) mass is 539 g/mol. The van der Waals surface area contributed by atoms with Crippen molar-refractivity contribution in [2.24, 2.45) is 0 Å². The van der Waals surface area contributed by atoms with Gasteiger partial charge in [-0.2, -0.15) is 0 Å². The first-order valence-corrected chi connectivity index (χ1v) is 11.0. The first-order valence-electron chi connectivity index (χ1n) is 9.51. The SMILES string of the molecule is CN1C(=O)C(=Cc2nc3ccc(I)cc3c(=O)n2-c2ccc(Cl)cc2)c2ccccc21. The minimum Gasteiger partial charge on any atom is -0.311 e. The van der Waals surface area contributed by atoms with Gasteiger partial charge in [0.05, 0.1) is 27.9 Å². The molecule has 0 N–H and O–H groups in total. The van der Waals surface area contributed by atoms with Gasteiger partial charge >= 0.3 is 0 Å². The second-order valence-corrected chi connectivity index (χ2v) is 8.87. The Kier molecular flexibility index (Phi) is 4.91. The van der Waals surface area contributed by atoms with Crippen LogP contribution in [0.4, 0.5) is 5.69 Å². The molecule has 0 fully saturated rings. The number of hydrogen-bond acceptors (Lipinski definition) is 3. The van der Waals surface area contributed by atoms with Crippen molar-refractivity contribution in [3.63, 3.8) is 0 Å². The molecule has 1 aliphatic rings. The lowest BCUT2D eigenvalue weighted by Gasteiger charge is -2.12. The number of aromatic nitrogens is 2. The van der Waals surface area contributed by atoms with E-state index in [-0.39, 0.29) is 11.5 Å². The Morgan fingerprint density at radius 3 is 2.52 bits per heavy atom. The topological polar surface area (TPSA) is 55.2 Å². The number of anilines is 1. The number of carbonyl (C=O) groups is 1. The van der Waals surface area contributed by atoms with Gasteiger partial charge in [-0.3, -0.25) is 14.2 Å². The van der Waals surface area contributed by atoms with Crippen LogP contribution in [0.1, 0.15) is 11.4 Å². The van der Waals surface area contributed by atoms with Gasteiger partial charge < -0.3 is 4.90 Å². The van der Waals surface area contributed by atoms with Gasteiger partial charge in [0, 0.05) is 21.2 Å². The summed E-state index contributed by atoms with van der Waals surface area (Å²) in [5.41, 5.74) is 3.14. The van der Waals surface area contributed by atoms with E-state index in [9.17, 15) is 9.59 Å². The smallest absolute Gasteiger partial charge is 0.266 e. The van der Waals surface area contributed by atoms with Gasteiger partial charge in [0.15, 0.2) is 0 Å². The highest BCUT2D eigenvalue weighted by molar-refractivity contribution is 14.1. The average Bonchev–Trinajstić information content (AvgIpc) is 3.01. The molecule has 2 heterocycles. The fourth-order valence-electron chi connectivity index (χ4n) is 3.78. The number of halogens is 2. The second-order valence-electron chi connectivity index (χ2n) is 7.19. The maximum Gasteiger partial charge on any atom is 0.266 e. The largest absolute Gasteiger partial charge is 0.311 e. The number of nitrogens with zero attached hydrogens (tertiary/aromatic N) is 3. The van der Waals surface area contributed by atoms with Crippen molar-refractivity contribution in [2.75, 3.05) is 11.9 Å². The third kappa shape index (κ3) is 3.36. The zero-order chi connectivity index (χ0) is 21.7. The van der Waals surface area contributed by atoms with Gasteiger partial charge in [-0.05, 0) is 77.2 Å². The van der Waals surface area contributed by atoms with Crippen LogP contribution in [0.3, 0.4) is 0 Å². The van der Waals surface area contributed by atoms with E-state index in [1.807, 2.05) is 42.5 Å². The number of carbonyl (C=O) groups excluding carboxylic acids is 1. The molecule has 0 saturated carbocycles. The minimum atomic E-state index is -0.204. The maximum atomic E-state index is 13.5. The summed E-state index contributed by atoms with van der Waals surface area (Å²) in [7, 11) is 1.74. The molecule has 1 amide bonds. The van der Waals surface area contributed by atoms with Crippen molar-refractivity contribution in [3.05, 3.63) is 97.1 Å². The standard InChI is InChI=1S/C24H15ClIN3O2/c1-28-21-5-3-2-4-17(21)18(23(28)30)13-22-27-20-11-8-15(26)12-19(20)24(31)29(22)16-9-6-14(25)7-10-16/h2-13H,1H3. The Balaban J connectivity index is 1.83. The lowest BCUT2D eigenvalue weighted by Crippen LogP contribution is -2.23. The third-order valence-electron chi connectivity index (χ3n) is 5.31. The van der Waals surface area contributed by atoms with Gasteiger partial charge in [0.2, 0.25) is 0 Å². The van der Waals surface area contributed by atoms with E-state index >= 15 is 0 Å². The molecule has 7 heteroatoms. The molecule has 0 spiro atoms. The number of likely N-dealkylation sites (N-methyl/N-ethyl adjacent to an activating group) is 1. The molecule has 3 aromatic carbocycles. The summed E-state index contributed by atoms with van der Waals surface area (Å²) in [5.74, 6) is 0.246. The van der Waals surface area contributed by atoms with E-state index in [4.69, 9.17) is 16.6 Å². The summed E-state index contributed by atoms with van der Waals surface area (Å²) in [5, 5.41) is 1.08. The highest BCUT2D eigenvalue weighted by Crippen LogP contribution is 2.36. The lowest BCUT2D eigenvalue weighted by atomic mass is 10.1. The average molecular weight is 540 g/mol. The van der Waals surface area contributed by atoms with Crippen molar-refractivity contribution >= 4 is 68.3 Å². The summed E-state index contributed by atoms with van der Waals surface area (Å²) in [6.45, 7) is 0. The van der Waals surface area contributed by atoms with Crippen LogP contribution in [-0.4, -0.2) is 22.5 Å². The number of para-hydroxylation sites is 1. The summed E-state index contributed by atoms with van der Waals surface area (Å²) in [6, 6.07) is 20.1. The number of hydrogen-bond donors (Lipinski definition) is 0.